The Labute approximate surface area is 93.0 Å². The summed E-state index contributed by atoms with van der Waals surface area (Å²) in [6, 6.07) is 0.531. The minimum atomic E-state index is -0.0402. The van der Waals surface area contributed by atoms with Gasteiger partial charge in [-0.3, -0.25) is 4.79 Å². The van der Waals surface area contributed by atoms with E-state index in [1.807, 2.05) is 6.92 Å². The highest BCUT2D eigenvalue weighted by molar-refractivity contribution is 5.81. The summed E-state index contributed by atoms with van der Waals surface area (Å²) < 4.78 is 0. The highest BCUT2D eigenvalue weighted by Gasteiger charge is 2.34. The average molecular weight is 212 g/mol. The topological polar surface area (TPSA) is 41.1 Å². The van der Waals surface area contributed by atoms with E-state index in [1.54, 1.807) is 0 Å². The van der Waals surface area contributed by atoms with Gasteiger partial charge in [-0.15, -0.1) is 0 Å². The van der Waals surface area contributed by atoms with Gasteiger partial charge in [-0.2, -0.15) is 0 Å². The van der Waals surface area contributed by atoms with E-state index in [2.05, 4.69) is 24.5 Å². The van der Waals surface area contributed by atoms with Crippen molar-refractivity contribution in [2.45, 2.75) is 58.5 Å². The molecule has 2 N–H and O–H groups in total. The third-order valence-electron chi connectivity index (χ3n) is 3.05. The van der Waals surface area contributed by atoms with Gasteiger partial charge in [0, 0.05) is 12.6 Å². The fraction of sp³-hybridized carbons (Fsp3) is 0.917. The molecule has 3 atom stereocenters. The van der Waals surface area contributed by atoms with E-state index in [1.165, 1.54) is 19.3 Å². The molecule has 1 rings (SSSR count). The zero-order valence-electron chi connectivity index (χ0n) is 10.2. The Hall–Kier alpha value is -0.570. The van der Waals surface area contributed by atoms with Crippen LogP contribution in [0.5, 0.6) is 0 Å². The lowest BCUT2D eigenvalue weighted by atomic mass is 10.2. The lowest BCUT2D eigenvalue weighted by molar-refractivity contribution is -0.122. The molecule has 0 aromatic heterocycles. The molecule has 15 heavy (non-hydrogen) atoms. The SMILES string of the molecule is CCCCCNC(=O)C(C)NC1CC1C. The molecule has 1 fully saturated rings. The minimum absolute atomic E-state index is 0.0402. The summed E-state index contributed by atoms with van der Waals surface area (Å²) in [6.45, 7) is 7.14. The summed E-state index contributed by atoms with van der Waals surface area (Å²) in [7, 11) is 0. The van der Waals surface area contributed by atoms with Gasteiger partial charge in [-0.25, -0.2) is 0 Å². The van der Waals surface area contributed by atoms with Crippen LogP contribution in [0.4, 0.5) is 0 Å². The Kier molecular flexibility index (Phi) is 5.09. The van der Waals surface area contributed by atoms with Crippen LogP contribution in [0.1, 0.15) is 46.5 Å². The van der Waals surface area contributed by atoms with Gasteiger partial charge < -0.3 is 10.6 Å². The highest BCUT2D eigenvalue weighted by Crippen LogP contribution is 2.29. The van der Waals surface area contributed by atoms with Crippen molar-refractivity contribution < 1.29 is 4.79 Å². The first-order chi connectivity index (χ1) is 7.15. The van der Waals surface area contributed by atoms with Crippen LogP contribution in [0.25, 0.3) is 0 Å². The molecule has 0 aromatic rings. The monoisotopic (exact) mass is 212 g/mol. The number of hydrogen-bond donors (Lipinski definition) is 2. The Morgan fingerprint density at radius 3 is 2.67 bits per heavy atom. The predicted octanol–water partition coefficient (Wildman–Crippen LogP) is 1.68. The molecule has 1 amide bonds. The number of carbonyl (C=O) groups excluding carboxylic acids is 1. The van der Waals surface area contributed by atoms with Crippen molar-refractivity contribution in [3.05, 3.63) is 0 Å². The Morgan fingerprint density at radius 2 is 2.13 bits per heavy atom. The maximum atomic E-state index is 11.6. The molecular formula is C12H24N2O. The van der Waals surface area contributed by atoms with Crippen molar-refractivity contribution in [2.75, 3.05) is 6.54 Å². The first-order valence-corrected chi connectivity index (χ1v) is 6.19. The van der Waals surface area contributed by atoms with Gasteiger partial charge in [0.15, 0.2) is 0 Å². The molecule has 1 aliphatic carbocycles. The fourth-order valence-electron chi connectivity index (χ4n) is 1.69. The molecule has 1 aliphatic rings. The molecule has 3 heteroatoms. The van der Waals surface area contributed by atoms with Gasteiger partial charge in [0.25, 0.3) is 0 Å². The molecule has 0 saturated heterocycles. The lowest BCUT2D eigenvalue weighted by Gasteiger charge is -2.13. The summed E-state index contributed by atoms with van der Waals surface area (Å²) >= 11 is 0. The smallest absolute Gasteiger partial charge is 0.236 e. The highest BCUT2D eigenvalue weighted by atomic mass is 16.2. The molecule has 0 radical (unpaired) electrons. The number of hydrogen-bond acceptors (Lipinski definition) is 2. The van der Waals surface area contributed by atoms with Crippen molar-refractivity contribution >= 4 is 5.91 Å². The normalized spacial score (nSPS) is 26.1. The summed E-state index contributed by atoms with van der Waals surface area (Å²) in [6.07, 6.45) is 4.70. The van der Waals surface area contributed by atoms with Crippen LogP contribution in [-0.4, -0.2) is 24.5 Å². The van der Waals surface area contributed by atoms with Crippen LogP contribution in [0.15, 0.2) is 0 Å². The summed E-state index contributed by atoms with van der Waals surface area (Å²) in [5, 5.41) is 6.30. The van der Waals surface area contributed by atoms with Gasteiger partial charge in [0.1, 0.15) is 0 Å². The molecule has 1 saturated carbocycles. The molecular weight excluding hydrogens is 188 g/mol. The van der Waals surface area contributed by atoms with Gasteiger partial charge >= 0.3 is 0 Å². The largest absolute Gasteiger partial charge is 0.355 e. The molecule has 3 nitrogen and oxygen atoms in total. The van der Waals surface area contributed by atoms with E-state index in [0.717, 1.165) is 18.9 Å². The zero-order valence-corrected chi connectivity index (χ0v) is 10.2. The first kappa shape index (κ1) is 12.5. The van der Waals surface area contributed by atoms with Gasteiger partial charge in [0.05, 0.1) is 6.04 Å². The molecule has 0 aliphatic heterocycles. The van der Waals surface area contributed by atoms with E-state index in [9.17, 15) is 4.79 Å². The second-order valence-corrected chi connectivity index (χ2v) is 4.71. The van der Waals surface area contributed by atoms with E-state index in [-0.39, 0.29) is 11.9 Å². The van der Waals surface area contributed by atoms with E-state index < -0.39 is 0 Å². The number of nitrogens with one attached hydrogen (secondary N) is 2. The second kappa shape index (κ2) is 6.11. The summed E-state index contributed by atoms with van der Waals surface area (Å²) in [5.41, 5.74) is 0. The van der Waals surface area contributed by atoms with Crippen molar-refractivity contribution in [3.8, 4) is 0 Å². The third kappa shape index (κ3) is 4.65. The third-order valence-corrected chi connectivity index (χ3v) is 3.05. The van der Waals surface area contributed by atoms with Crippen molar-refractivity contribution in [1.82, 2.24) is 10.6 Å². The van der Waals surface area contributed by atoms with Gasteiger partial charge in [-0.05, 0) is 25.7 Å². The fourth-order valence-corrected chi connectivity index (χ4v) is 1.69. The van der Waals surface area contributed by atoms with Crippen LogP contribution in [-0.2, 0) is 4.79 Å². The predicted molar refractivity (Wildman–Crippen MR) is 62.7 cm³/mol. The van der Waals surface area contributed by atoms with Crippen LogP contribution < -0.4 is 10.6 Å². The second-order valence-electron chi connectivity index (χ2n) is 4.71. The molecule has 0 aromatic carbocycles. The molecule has 0 spiro atoms. The number of rotatable bonds is 7. The molecule has 88 valence electrons. The molecule has 3 unspecified atom stereocenters. The summed E-state index contributed by atoms with van der Waals surface area (Å²) in [5.74, 6) is 0.894. The van der Waals surface area contributed by atoms with Crippen LogP contribution in [0.2, 0.25) is 0 Å². The van der Waals surface area contributed by atoms with Crippen molar-refractivity contribution in [2.24, 2.45) is 5.92 Å². The van der Waals surface area contributed by atoms with Gasteiger partial charge in [0.2, 0.25) is 5.91 Å². The molecule has 0 bridgehead atoms. The van der Waals surface area contributed by atoms with Crippen molar-refractivity contribution in [1.29, 1.82) is 0 Å². The molecule has 0 heterocycles. The zero-order chi connectivity index (χ0) is 11.3. The van der Waals surface area contributed by atoms with Crippen LogP contribution >= 0.6 is 0 Å². The standard InChI is InChI=1S/C12H24N2O/c1-4-5-6-7-13-12(15)10(3)14-11-8-9(11)2/h9-11,14H,4-8H2,1-3H3,(H,13,15). The number of amides is 1. The first-order valence-electron chi connectivity index (χ1n) is 6.19. The van der Waals surface area contributed by atoms with Crippen LogP contribution in [0, 0.1) is 5.92 Å². The van der Waals surface area contributed by atoms with Gasteiger partial charge in [-0.1, -0.05) is 26.7 Å². The Morgan fingerprint density at radius 1 is 1.47 bits per heavy atom. The number of unbranched alkanes of at least 4 members (excludes halogenated alkanes) is 2. The lowest BCUT2D eigenvalue weighted by Crippen LogP contribution is -2.43. The quantitative estimate of drug-likeness (QED) is 0.630. The number of carbonyl (C=O) groups is 1. The average Bonchev–Trinajstić information content (AvgIpc) is 2.88. The Balaban J connectivity index is 2.05. The maximum Gasteiger partial charge on any atom is 0.236 e. The van der Waals surface area contributed by atoms with E-state index in [4.69, 9.17) is 0 Å². The van der Waals surface area contributed by atoms with Crippen molar-refractivity contribution in [3.63, 3.8) is 0 Å². The van der Waals surface area contributed by atoms with Crippen LogP contribution in [0.3, 0.4) is 0 Å². The van der Waals surface area contributed by atoms with E-state index >= 15 is 0 Å². The minimum Gasteiger partial charge on any atom is -0.355 e. The summed E-state index contributed by atoms with van der Waals surface area (Å²) in [4.78, 5) is 11.6. The maximum absolute atomic E-state index is 11.6. The van der Waals surface area contributed by atoms with E-state index in [0.29, 0.717) is 6.04 Å². The Bertz CT molecular complexity index is 206.